The monoisotopic (exact) mass is 654 g/mol. The van der Waals surface area contributed by atoms with E-state index < -0.39 is 24.2 Å². The Balaban J connectivity index is 1.38. The van der Waals surface area contributed by atoms with Crippen LogP contribution in [0.5, 0.6) is 0 Å². The summed E-state index contributed by atoms with van der Waals surface area (Å²) in [7, 11) is 0. The Morgan fingerprint density at radius 1 is 0.373 bits per heavy atom. The van der Waals surface area contributed by atoms with Crippen molar-refractivity contribution in [2.24, 2.45) is 0 Å². The summed E-state index contributed by atoms with van der Waals surface area (Å²) in [5.74, 6) is 0. The average Bonchev–Trinajstić information content (AvgIpc) is 3.67. The van der Waals surface area contributed by atoms with Gasteiger partial charge in [-0.3, -0.25) is 0 Å². The maximum absolute atomic E-state index is 9.62. The van der Waals surface area contributed by atoms with Crippen LogP contribution in [0.4, 0.5) is 0 Å². The van der Waals surface area contributed by atoms with Crippen LogP contribution in [-0.2, 0) is 0 Å². The van der Waals surface area contributed by atoms with Crippen LogP contribution >= 0.6 is 0 Å². The van der Waals surface area contributed by atoms with Gasteiger partial charge in [-0.2, -0.15) is 0 Å². The molecular formula is C50H30O. The van der Waals surface area contributed by atoms with Crippen LogP contribution in [-0.4, -0.2) is 0 Å². The minimum absolute atomic E-state index is 0.163. The first-order valence-electron chi connectivity index (χ1n) is 20.9. The summed E-state index contributed by atoms with van der Waals surface area (Å²) in [6.45, 7) is 0. The Kier molecular flexibility index (Phi) is 4.57. The lowest BCUT2D eigenvalue weighted by molar-refractivity contribution is 0.670. The van der Waals surface area contributed by atoms with Crippen molar-refractivity contribution in [1.82, 2.24) is 0 Å². The van der Waals surface area contributed by atoms with Gasteiger partial charge < -0.3 is 4.42 Å². The summed E-state index contributed by atoms with van der Waals surface area (Å²) in [6, 6.07) is 40.5. The van der Waals surface area contributed by atoms with Gasteiger partial charge in [0.25, 0.3) is 0 Å². The lowest BCUT2D eigenvalue weighted by atomic mass is 9.82. The van der Waals surface area contributed by atoms with E-state index in [0.717, 1.165) is 48.7 Å². The van der Waals surface area contributed by atoms with Gasteiger partial charge in [0.2, 0.25) is 0 Å². The van der Waals surface area contributed by atoms with E-state index >= 15 is 0 Å². The molecule has 0 atom stereocenters. The molecule has 0 aliphatic rings. The highest BCUT2D eigenvalue weighted by molar-refractivity contribution is 6.25. The molecule has 11 rings (SSSR count). The molecule has 1 nitrogen and oxygen atoms in total. The first-order chi connectivity index (χ1) is 28.6. The third kappa shape index (κ3) is 4.22. The van der Waals surface area contributed by atoms with E-state index in [4.69, 9.17) is 9.90 Å². The summed E-state index contributed by atoms with van der Waals surface area (Å²) >= 11 is 0. The molecule has 0 aliphatic heterocycles. The Labute approximate surface area is 305 Å². The molecule has 1 heterocycles. The highest BCUT2D eigenvalue weighted by Crippen LogP contribution is 2.49. The van der Waals surface area contributed by atoms with Crippen molar-refractivity contribution >= 4 is 75.8 Å². The van der Waals surface area contributed by atoms with E-state index in [1.54, 1.807) is 0 Å². The number of hydrogen-bond donors (Lipinski definition) is 0. The van der Waals surface area contributed by atoms with Gasteiger partial charge in [0.05, 0.1) is 11.0 Å². The van der Waals surface area contributed by atoms with E-state index in [1.807, 2.05) is 121 Å². The summed E-state index contributed by atoms with van der Waals surface area (Å²) in [5, 5.41) is 8.26. The van der Waals surface area contributed by atoms with E-state index in [-0.39, 0.29) is 51.3 Å². The standard InChI is InChI=1S/C50H30O/c1-2-14-33-28-36(25-24-31(33)12-1)47-38-18-7-9-20-40(38)48(41-21-10-8-19-39(41)47)45-30-35-16-4-3-15-34(35)29-44(45)42-22-11-23-43-49-37-17-6-5-13-32(37)26-27-46(49)51-50(42)43/h1-30H/i7D,8D,9D,10D,18D,19D,20D,21D. The molecule has 0 bridgehead atoms. The zero-order valence-electron chi connectivity index (χ0n) is 35.1. The second kappa shape index (κ2) is 10.9. The van der Waals surface area contributed by atoms with Crippen molar-refractivity contribution in [3.63, 3.8) is 0 Å². The molecule has 0 saturated carbocycles. The first-order valence-corrected chi connectivity index (χ1v) is 16.9. The highest BCUT2D eigenvalue weighted by atomic mass is 16.3. The number of furan rings is 1. The van der Waals surface area contributed by atoms with Crippen molar-refractivity contribution in [3.8, 4) is 33.4 Å². The van der Waals surface area contributed by atoms with Crippen molar-refractivity contribution in [2.75, 3.05) is 0 Å². The van der Waals surface area contributed by atoms with Gasteiger partial charge >= 0.3 is 0 Å². The quantitative estimate of drug-likeness (QED) is 0.173. The number of para-hydroxylation sites is 1. The SMILES string of the molecule is [2H]c1c([2H])c([2H])c2c(-c3cc4ccccc4cc3-c3cccc4c3oc3ccc5ccccc5c34)c3c([2H])c([2H])c([2H])c([2H])c3c(-c3ccc4ccccc4c3)c2c1[2H]. The molecule has 11 aromatic rings. The van der Waals surface area contributed by atoms with Crippen LogP contribution in [0.3, 0.4) is 0 Å². The number of benzene rings is 10. The molecule has 51 heavy (non-hydrogen) atoms. The number of hydrogen-bond acceptors (Lipinski definition) is 1. The molecule has 0 radical (unpaired) electrons. The predicted octanol–water partition coefficient (Wildman–Crippen LogP) is 14.4. The van der Waals surface area contributed by atoms with Gasteiger partial charge in [0, 0.05) is 16.3 Å². The highest BCUT2D eigenvalue weighted by Gasteiger charge is 2.22. The fourth-order valence-electron chi connectivity index (χ4n) is 7.98. The second-order valence-electron chi connectivity index (χ2n) is 13.0. The molecule has 0 amide bonds. The largest absolute Gasteiger partial charge is 0.455 e. The van der Waals surface area contributed by atoms with Crippen LogP contribution in [0, 0.1) is 0 Å². The zero-order valence-corrected chi connectivity index (χ0v) is 27.1. The molecule has 10 aromatic carbocycles. The molecule has 0 aliphatic carbocycles. The molecule has 0 N–H and O–H groups in total. The average molecular weight is 655 g/mol. The Hall–Kier alpha value is -6.70. The van der Waals surface area contributed by atoms with E-state index in [0.29, 0.717) is 33.4 Å². The van der Waals surface area contributed by atoms with Gasteiger partial charge in [-0.15, -0.1) is 0 Å². The fourth-order valence-corrected chi connectivity index (χ4v) is 7.98. The van der Waals surface area contributed by atoms with Crippen LogP contribution in [0.25, 0.3) is 109 Å². The summed E-state index contributed by atoms with van der Waals surface area (Å²) in [6.07, 6.45) is 0. The minimum Gasteiger partial charge on any atom is -0.455 e. The van der Waals surface area contributed by atoms with Crippen LogP contribution in [0.1, 0.15) is 11.0 Å². The fraction of sp³-hybridized carbons (Fsp3) is 0. The molecule has 0 saturated heterocycles. The smallest absolute Gasteiger partial charge is 0.143 e. The molecular weight excluding hydrogens is 617 g/mol. The van der Waals surface area contributed by atoms with Gasteiger partial charge in [0.1, 0.15) is 11.2 Å². The van der Waals surface area contributed by atoms with Crippen molar-refractivity contribution in [3.05, 3.63) is 182 Å². The van der Waals surface area contributed by atoms with Gasteiger partial charge in [-0.05, 0) is 106 Å². The molecule has 1 aromatic heterocycles. The molecule has 0 spiro atoms. The Morgan fingerprint density at radius 2 is 0.922 bits per heavy atom. The lowest BCUT2D eigenvalue weighted by Gasteiger charge is -2.20. The lowest BCUT2D eigenvalue weighted by Crippen LogP contribution is -1.93. The summed E-state index contributed by atoms with van der Waals surface area (Å²) in [5.41, 5.74) is 4.46. The van der Waals surface area contributed by atoms with Gasteiger partial charge in [-0.1, -0.05) is 158 Å². The normalized spacial score (nSPS) is 14.1. The Bertz CT molecular complexity index is 3580. The van der Waals surface area contributed by atoms with E-state index in [2.05, 4.69) is 12.1 Å². The molecule has 0 fully saturated rings. The predicted molar refractivity (Wildman–Crippen MR) is 218 cm³/mol. The maximum atomic E-state index is 9.62. The first kappa shape index (κ1) is 21.4. The van der Waals surface area contributed by atoms with Crippen molar-refractivity contribution < 1.29 is 15.4 Å². The third-order valence-electron chi connectivity index (χ3n) is 10.2. The third-order valence-corrected chi connectivity index (χ3v) is 10.2. The summed E-state index contributed by atoms with van der Waals surface area (Å²) in [4.78, 5) is 0. The minimum atomic E-state index is -0.443. The molecule has 0 unspecified atom stereocenters. The molecule has 236 valence electrons. The molecule has 1 heteroatoms. The number of fused-ring (bicyclic) bond motifs is 9. The Morgan fingerprint density at radius 3 is 1.63 bits per heavy atom. The summed E-state index contributed by atoms with van der Waals surface area (Å²) < 4.78 is 80.9. The van der Waals surface area contributed by atoms with Crippen LogP contribution in [0.15, 0.2) is 186 Å². The van der Waals surface area contributed by atoms with Crippen molar-refractivity contribution in [1.29, 1.82) is 0 Å². The van der Waals surface area contributed by atoms with Crippen LogP contribution < -0.4 is 0 Å². The second-order valence-corrected chi connectivity index (χ2v) is 13.0. The van der Waals surface area contributed by atoms with E-state index in [9.17, 15) is 5.48 Å². The van der Waals surface area contributed by atoms with E-state index in [1.165, 1.54) is 0 Å². The zero-order chi connectivity index (χ0) is 40.4. The van der Waals surface area contributed by atoms with Gasteiger partial charge in [-0.25, -0.2) is 0 Å². The van der Waals surface area contributed by atoms with Crippen molar-refractivity contribution in [2.45, 2.75) is 0 Å². The van der Waals surface area contributed by atoms with Crippen LogP contribution in [0.2, 0.25) is 0 Å². The topological polar surface area (TPSA) is 13.1 Å². The van der Waals surface area contributed by atoms with Gasteiger partial charge in [0.15, 0.2) is 0 Å². The number of rotatable bonds is 3. The maximum Gasteiger partial charge on any atom is 0.143 e.